The van der Waals surface area contributed by atoms with Crippen LogP contribution in [0.5, 0.6) is 11.5 Å². The van der Waals surface area contributed by atoms with Crippen molar-refractivity contribution in [1.82, 2.24) is 25.2 Å². The fraction of sp³-hybridized carbons (Fsp3) is 0.325. The van der Waals surface area contributed by atoms with Gasteiger partial charge in [-0.3, -0.25) is 9.78 Å². The summed E-state index contributed by atoms with van der Waals surface area (Å²) in [6.07, 6.45) is 4.89. The molecule has 0 fully saturated rings. The van der Waals surface area contributed by atoms with Gasteiger partial charge in [-0.2, -0.15) is 0 Å². The van der Waals surface area contributed by atoms with Crippen molar-refractivity contribution in [1.29, 1.82) is 0 Å². The predicted octanol–water partition coefficient (Wildman–Crippen LogP) is 8.09. The lowest BCUT2D eigenvalue weighted by Gasteiger charge is -2.31. The highest BCUT2D eigenvalue weighted by atomic mass is 16.6. The number of fused-ring (bicyclic) bond motifs is 2. The van der Waals surface area contributed by atoms with Gasteiger partial charge in [0.2, 0.25) is 0 Å². The molecule has 0 bridgehead atoms. The van der Waals surface area contributed by atoms with Crippen LogP contribution in [0.4, 0.5) is 9.59 Å². The largest absolute Gasteiger partial charge is 0.457 e. The quantitative estimate of drug-likeness (QED) is 0.167. The van der Waals surface area contributed by atoms with E-state index < -0.39 is 23.3 Å². The molecule has 0 spiro atoms. The van der Waals surface area contributed by atoms with Crippen LogP contribution >= 0.6 is 0 Å². The third-order valence-electron chi connectivity index (χ3n) is 8.20. The maximum absolute atomic E-state index is 13.7. The van der Waals surface area contributed by atoms with Crippen molar-refractivity contribution >= 4 is 29.0 Å². The van der Waals surface area contributed by atoms with Crippen LogP contribution in [0.1, 0.15) is 70.0 Å². The molecular weight excluding hydrogens is 646 g/mol. The lowest BCUT2D eigenvalue weighted by molar-refractivity contribution is -0.120. The number of pyridine rings is 2. The van der Waals surface area contributed by atoms with Gasteiger partial charge in [0.15, 0.2) is 5.78 Å². The van der Waals surface area contributed by atoms with Gasteiger partial charge in [0.25, 0.3) is 0 Å². The molecule has 1 unspecified atom stereocenters. The zero-order chi connectivity index (χ0) is 36.3. The van der Waals surface area contributed by atoms with Crippen LogP contribution in [0.2, 0.25) is 0 Å². The molecule has 0 aliphatic carbocycles. The summed E-state index contributed by atoms with van der Waals surface area (Å²) in [5.74, 6) is 0.986. The summed E-state index contributed by atoms with van der Waals surface area (Å²) in [7, 11) is 0. The Balaban J connectivity index is 1.23. The van der Waals surface area contributed by atoms with Crippen molar-refractivity contribution in [3.63, 3.8) is 0 Å². The topological polar surface area (TPSA) is 136 Å². The van der Waals surface area contributed by atoms with Gasteiger partial charge in [0.1, 0.15) is 34.4 Å². The molecule has 0 saturated carbocycles. The third-order valence-corrected chi connectivity index (χ3v) is 8.20. The van der Waals surface area contributed by atoms with Crippen molar-refractivity contribution in [2.24, 2.45) is 0 Å². The van der Waals surface area contributed by atoms with Crippen molar-refractivity contribution in [3.05, 3.63) is 108 Å². The number of ether oxygens (including phenoxy) is 3. The maximum Gasteiger partial charge on any atom is 0.410 e. The average molecular weight is 690 g/mol. The third kappa shape index (κ3) is 8.72. The van der Waals surface area contributed by atoms with E-state index in [1.54, 1.807) is 50.2 Å². The first-order valence-corrected chi connectivity index (χ1v) is 17.0. The van der Waals surface area contributed by atoms with Gasteiger partial charge in [-0.1, -0.05) is 36.4 Å². The molecule has 0 saturated heterocycles. The van der Waals surface area contributed by atoms with Crippen LogP contribution in [0.25, 0.3) is 22.2 Å². The first kappa shape index (κ1) is 35.1. The maximum atomic E-state index is 13.7. The number of alkyl carbamates (subject to hydrolysis) is 1. The Labute approximate surface area is 297 Å². The van der Waals surface area contributed by atoms with E-state index in [2.05, 4.69) is 20.3 Å². The van der Waals surface area contributed by atoms with Crippen molar-refractivity contribution in [2.75, 3.05) is 6.54 Å². The number of Topliss-reactive ketones (excluding diaryl/α,β-unsaturated/α-hetero) is 1. The summed E-state index contributed by atoms with van der Waals surface area (Å²) < 4.78 is 17.5. The van der Waals surface area contributed by atoms with Crippen molar-refractivity contribution < 1.29 is 28.6 Å². The van der Waals surface area contributed by atoms with E-state index in [0.29, 0.717) is 41.5 Å². The van der Waals surface area contributed by atoms with Crippen LogP contribution in [-0.2, 0) is 33.7 Å². The molecule has 51 heavy (non-hydrogen) atoms. The minimum absolute atomic E-state index is 0.0252. The Bertz CT molecular complexity index is 2060. The van der Waals surface area contributed by atoms with Gasteiger partial charge in [-0.25, -0.2) is 14.6 Å². The number of rotatable bonds is 8. The first-order chi connectivity index (χ1) is 24.2. The zero-order valence-corrected chi connectivity index (χ0v) is 29.8. The monoisotopic (exact) mass is 689 g/mol. The van der Waals surface area contributed by atoms with Crippen LogP contribution in [0.15, 0.2) is 85.3 Å². The molecule has 5 aromatic rings. The summed E-state index contributed by atoms with van der Waals surface area (Å²) >= 11 is 0. The van der Waals surface area contributed by atoms with E-state index in [9.17, 15) is 14.4 Å². The second-order valence-electron chi connectivity index (χ2n) is 14.6. The minimum Gasteiger partial charge on any atom is -0.457 e. The molecule has 11 heteroatoms. The molecule has 2 N–H and O–H groups in total. The Morgan fingerprint density at radius 1 is 0.882 bits per heavy atom. The number of nitrogens with zero attached hydrogens (tertiary/aromatic N) is 3. The minimum atomic E-state index is -0.920. The number of hydrogen-bond acceptors (Lipinski definition) is 8. The summed E-state index contributed by atoms with van der Waals surface area (Å²) in [5, 5.41) is 3.52. The molecule has 11 nitrogen and oxygen atoms in total. The number of carbonyl (C=O) groups is 3. The van der Waals surface area contributed by atoms with Gasteiger partial charge >= 0.3 is 12.2 Å². The zero-order valence-electron chi connectivity index (χ0n) is 29.8. The van der Waals surface area contributed by atoms with E-state index in [1.165, 1.54) is 5.56 Å². The number of benzene rings is 2. The molecule has 1 aliphatic heterocycles. The molecule has 1 atom stereocenters. The molecule has 6 rings (SSSR count). The van der Waals surface area contributed by atoms with Gasteiger partial charge in [-0.15, -0.1) is 0 Å². The molecule has 3 aromatic heterocycles. The summed E-state index contributed by atoms with van der Waals surface area (Å²) in [4.78, 5) is 53.2. The number of carbonyl (C=O) groups excluding carboxylic acids is 3. The lowest BCUT2D eigenvalue weighted by atomic mass is 9.98. The summed E-state index contributed by atoms with van der Waals surface area (Å²) in [6.45, 7) is 11.9. The average Bonchev–Trinajstić information content (AvgIpc) is 3.51. The van der Waals surface area contributed by atoms with Crippen molar-refractivity contribution in [3.8, 4) is 22.6 Å². The number of hydrogen-bond donors (Lipinski definition) is 2. The Hall–Kier alpha value is -5.71. The SMILES string of the molecule is CC(C)(C)OC(=O)NC(C(=O)Cc1cc(-c2c[nH]c3nccc(Oc4ccc5c(c4)CN(C(=O)OC(C)(C)C)CC5)c23)ccn1)c1ccccc1. The summed E-state index contributed by atoms with van der Waals surface area (Å²) in [6, 6.07) is 19.6. The van der Waals surface area contributed by atoms with Crippen LogP contribution in [0.3, 0.4) is 0 Å². The molecule has 4 heterocycles. The van der Waals surface area contributed by atoms with E-state index in [-0.39, 0.29) is 18.3 Å². The lowest BCUT2D eigenvalue weighted by Crippen LogP contribution is -2.39. The van der Waals surface area contributed by atoms with E-state index in [1.807, 2.05) is 81.6 Å². The van der Waals surface area contributed by atoms with Crippen LogP contribution in [0, 0.1) is 0 Å². The fourth-order valence-corrected chi connectivity index (χ4v) is 5.99. The van der Waals surface area contributed by atoms with E-state index in [4.69, 9.17) is 14.2 Å². The fourth-order valence-electron chi connectivity index (χ4n) is 5.99. The van der Waals surface area contributed by atoms with E-state index in [0.717, 1.165) is 28.5 Å². The van der Waals surface area contributed by atoms with Gasteiger partial charge < -0.3 is 29.4 Å². The van der Waals surface area contributed by atoms with Crippen LogP contribution < -0.4 is 10.1 Å². The Kier molecular flexibility index (Phi) is 9.82. The summed E-state index contributed by atoms with van der Waals surface area (Å²) in [5.41, 5.74) is 4.33. The highest BCUT2D eigenvalue weighted by Crippen LogP contribution is 2.37. The number of aromatic nitrogens is 3. The highest BCUT2D eigenvalue weighted by Gasteiger charge is 2.28. The van der Waals surface area contributed by atoms with Gasteiger partial charge in [0, 0.05) is 42.9 Å². The number of H-pyrrole nitrogens is 1. The highest BCUT2D eigenvalue weighted by molar-refractivity contribution is 5.98. The second kappa shape index (κ2) is 14.3. The van der Waals surface area contributed by atoms with Crippen molar-refractivity contribution in [2.45, 2.75) is 78.2 Å². The number of aromatic amines is 1. The smallest absolute Gasteiger partial charge is 0.410 e. The van der Waals surface area contributed by atoms with Gasteiger partial charge in [0.05, 0.1) is 11.8 Å². The molecule has 264 valence electrons. The number of amides is 2. The molecule has 0 radical (unpaired) electrons. The standard InChI is InChI=1S/C40H43N5O6/c1-39(2,3)50-37(47)44-35(26-10-8-7-9-11-26)32(46)22-29-20-27(14-17-41-29)31-23-43-36-34(31)33(15-18-42-36)49-30-13-12-25-16-19-45(24-28(25)21-30)38(48)51-40(4,5)6/h7-15,17-18,20-21,23,35H,16,19,22,24H2,1-6H3,(H,42,43)(H,44,47). The number of ketones is 1. The molecule has 2 aromatic carbocycles. The Morgan fingerprint density at radius 3 is 2.37 bits per heavy atom. The Morgan fingerprint density at radius 2 is 1.63 bits per heavy atom. The number of nitrogens with one attached hydrogen (secondary N) is 2. The molecular formula is C40H43N5O6. The first-order valence-electron chi connectivity index (χ1n) is 17.0. The predicted molar refractivity (Wildman–Crippen MR) is 193 cm³/mol. The van der Waals surface area contributed by atoms with Crippen LogP contribution in [-0.4, -0.2) is 55.6 Å². The second-order valence-corrected chi connectivity index (χ2v) is 14.6. The normalized spacial score (nSPS) is 13.6. The molecule has 2 amide bonds. The molecule has 1 aliphatic rings. The van der Waals surface area contributed by atoms with Gasteiger partial charge in [-0.05, 0) is 101 Å². The van der Waals surface area contributed by atoms with E-state index >= 15 is 0 Å².